The summed E-state index contributed by atoms with van der Waals surface area (Å²) in [6.07, 6.45) is -1.78. The smallest absolute Gasteiger partial charge is 0.408 e. The predicted octanol–water partition coefficient (Wildman–Crippen LogP) is 1.25. The Balaban J connectivity index is 4.81. The Morgan fingerprint density at radius 3 is 1.97 bits per heavy atom. The predicted molar refractivity (Wildman–Crippen MR) is 106 cm³/mol. The van der Waals surface area contributed by atoms with Gasteiger partial charge < -0.3 is 35.3 Å². The average molecular weight is 418 g/mol. The summed E-state index contributed by atoms with van der Waals surface area (Å²) in [6.45, 7) is 11.9. The van der Waals surface area contributed by atoms with Gasteiger partial charge in [-0.25, -0.2) is 9.59 Å². The van der Waals surface area contributed by atoms with Crippen LogP contribution < -0.4 is 16.0 Å². The van der Waals surface area contributed by atoms with Gasteiger partial charge in [-0.3, -0.25) is 4.79 Å². The standard InChI is InChI=1S/C19H35N3O7/c1-12(11-23)21-15(25)14(22-17(27)29-19(5,6)7)13(24)9-8-10-20-16(26)28-18(2,3)4/h11-14,24H,8-10H2,1-7H3,(H,20,26)(H,21,25)(H,22,27)/t12-,13-,14-/m0/s1. The monoisotopic (exact) mass is 417 g/mol. The summed E-state index contributed by atoms with van der Waals surface area (Å²) >= 11 is 0. The maximum atomic E-state index is 12.4. The lowest BCUT2D eigenvalue weighted by molar-refractivity contribution is -0.128. The van der Waals surface area contributed by atoms with Crippen LogP contribution in [0.5, 0.6) is 0 Å². The number of carbonyl (C=O) groups excluding carboxylic acids is 4. The Labute approximate surface area is 172 Å². The number of amides is 3. The molecule has 0 aliphatic heterocycles. The van der Waals surface area contributed by atoms with E-state index in [0.717, 1.165) is 0 Å². The molecule has 0 aliphatic carbocycles. The largest absolute Gasteiger partial charge is 0.444 e. The lowest BCUT2D eigenvalue weighted by Gasteiger charge is -2.26. The average Bonchev–Trinajstić information content (AvgIpc) is 2.52. The van der Waals surface area contributed by atoms with Crippen molar-refractivity contribution in [2.24, 2.45) is 0 Å². The van der Waals surface area contributed by atoms with E-state index in [9.17, 15) is 24.3 Å². The van der Waals surface area contributed by atoms with Gasteiger partial charge in [-0.1, -0.05) is 0 Å². The van der Waals surface area contributed by atoms with Crippen molar-refractivity contribution in [2.45, 2.75) is 90.7 Å². The molecule has 0 aliphatic rings. The van der Waals surface area contributed by atoms with Crippen LogP contribution in [-0.2, 0) is 19.1 Å². The number of rotatable bonds is 9. The number of carbonyl (C=O) groups is 4. The van der Waals surface area contributed by atoms with Crippen LogP contribution in [0.4, 0.5) is 9.59 Å². The van der Waals surface area contributed by atoms with Crippen molar-refractivity contribution in [3.05, 3.63) is 0 Å². The van der Waals surface area contributed by atoms with Crippen molar-refractivity contribution in [2.75, 3.05) is 6.54 Å². The fourth-order valence-corrected chi connectivity index (χ4v) is 2.10. The molecule has 3 atom stereocenters. The fraction of sp³-hybridized carbons (Fsp3) is 0.789. The maximum absolute atomic E-state index is 12.4. The zero-order valence-electron chi connectivity index (χ0n) is 18.3. The third-order valence-corrected chi connectivity index (χ3v) is 3.26. The molecule has 4 N–H and O–H groups in total. The van der Waals surface area contributed by atoms with Gasteiger partial charge in [0.05, 0.1) is 12.1 Å². The van der Waals surface area contributed by atoms with E-state index in [4.69, 9.17) is 9.47 Å². The van der Waals surface area contributed by atoms with Crippen molar-refractivity contribution in [3.63, 3.8) is 0 Å². The van der Waals surface area contributed by atoms with E-state index in [0.29, 0.717) is 12.7 Å². The zero-order valence-corrected chi connectivity index (χ0v) is 18.3. The number of hydrogen-bond donors (Lipinski definition) is 4. The summed E-state index contributed by atoms with van der Waals surface area (Å²) in [7, 11) is 0. The molecule has 0 bridgehead atoms. The molecule has 0 radical (unpaired) electrons. The molecule has 0 saturated carbocycles. The third-order valence-electron chi connectivity index (χ3n) is 3.26. The number of aldehydes is 1. The third kappa shape index (κ3) is 13.4. The van der Waals surface area contributed by atoms with Crippen LogP contribution in [0.2, 0.25) is 0 Å². The van der Waals surface area contributed by atoms with E-state index in [2.05, 4.69) is 16.0 Å². The van der Waals surface area contributed by atoms with Crippen molar-refractivity contribution in [3.8, 4) is 0 Å². The molecule has 10 heteroatoms. The zero-order chi connectivity index (χ0) is 22.8. The van der Waals surface area contributed by atoms with E-state index in [1.807, 2.05) is 0 Å². The molecule has 0 saturated heterocycles. The molecule has 0 heterocycles. The Morgan fingerprint density at radius 1 is 0.966 bits per heavy atom. The van der Waals surface area contributed by atoms with Gasteiger partial charge in [-0.15, -0.1) is 0 Å². The minimum absolute atomic E-state index is 0.0964. The second-order valence-corrected chi connectivity index (χ2v) is 8.70. The molecule has 0 rings (SSSR count). The fourth-order valence-electron chi connectivity index (χ4n) is 2.10. The van der Waals surface area contributed by atoms with Crippen LogP contribution in [0.1, 0.15) is 61.3 Å². The molecule has 0 aromatic rings. The number of alkyl carbamates (subject to hydrolysis) is 2. The summed E-state index contributed by atoms with van der Waals surface area (Å²) in [6, 6.07) is -2.11. The molecule has 168 valence electrons. The van der Waals surface area contributed by atoms with Gasteiger partial charge in [0.15, 0.2) is 0 Å². The molecular weight excluding hydrogens is 382 g/mol. The summed E-state index contributed by atoms with van der Waals surface area (Å²) in [4.78, 5) is 46.8. The van der Waals surface area contributed by atoms with E-state index in [1.165, 1.54) is 6.92 Å². The summed E-state index contributed by atoms with van der Waals surface area (Å²) in [5.74, 6) is -0.719. The van der Waals surface area contributed by atoms with E-state index < -0.39 is 47.5 Å². The first-order chi connectivity index (χ1) is 13.1. The van der Waals surface area contributed by atoms with Crippen LogP contribution in [0, 0.1) is 0 Å². The molecule has 0 spiro atoms. The van der Waals surface area contributed by atoms with Crippen LogP contribution in [0.25, 0.3) is 0 Å². The highest BCUT2D eigenvalue weighted by molar-refractivity contribution is 5.88. The molecule has 0 aromatic heterocycles. The minimum atomic E-state index is -1.33. The van der Waals surface area contributed by atoms with Crippen molar-refractivity contribution in [1.82, 2.24) is 16.0 Å². The van der Waals surface area contributed by atoms with Crippen molar-refractivity contribution >= 4 is 24.4 Å². The molecule has 0 unspecified atom stereocenters. The Morgan fingerprint density at radius 2 is 1.48 bits per heavy atom. The lowest BCUT2D eigenvalue weighted by atomic mass is 10.0. The highest BCUT2D eigenvalue weighted by Crippen LogP contribution is 2.10. The molecule has 29 heavy (non-hydrogen) atoms. The first kappa shape index (κ1) is 26.6. The SMILES string of the molecule is C[C@@H](C=O)NC(=O)[C@@H](NC(=O)OC(C)(C)C)[C@@H](O)CCCNC(=O)OC(C)(C)C. The first-order valence-corrected chi connectivity index (χ1v) is 9.54. The molecular formula is C19H35N3O7. The normalized spacial score (nSPS) is 14.8. The van der Waals surface area contributed by atoms with Crippen LogP contribution in [0.3, 0.4) is 0 Å². The molecule has 3 amide bonds. The summed E-state index contributed by atoms with van der Waals surface area (Å²) < 4.78 is 10.2. The van der Waals surface area contributed by atoms with E-state index in [-0.39, 0.29) is 13.0 Å². The topological polar surface area (TPSA) is 143 Å². The minimum Gasteiger partial charge on any atom is -0.444 e. The van der Waals surface area contributed by atoms with E-state index >= 15 is 0 Å². The maximum Gasteiger partial charge on any atom is 0.408 e. The van der Waals surface area contributed by atoms with Gasteiger partial charge in [0.1, 0.15) is 23.5 Å². The number of nitrogens with one attached hydrogen (secondary N) is 3. The number of aliphatic hydroxyl groups excluding tert-OH is 1. The molecule has 0 fully saturated rings. The van der Waals surface area contributed by atoms with Crippen LogP contribution in [-0.4, -0.2) is 65.4 Å². The Bertz CT molecular complexity index is 567. The van der Waals surface area contributed by atoms with Crippen LogP contribution in [0.15, 0.2) is 0 Å². The molecule has 10 nitrogen and oxygen atoms in total. The van der Waals surface area contributed by atoms with Crippen molar-refractivity contribution in [1.29, 1.82) is 0 Å². The van der Waals surface area contributed by atoms with Gasteiger partial charge >= 0.3 is 12.2 Å². The van der Waals surface area contributed by atoms with Gasteiger partial charge in [-0.05, 0) is 61.3 Å². The van der Waals surface area contributed by atoms with Gasteiger partial charge in [0.2, 0.25) is 5.91 Å². The number of ether oxygens (including phenoxy) is 2. The van der Waals surface area contributed by atoms with Gasteiger partial charge in [-0.2, -0.15) is 0 Å². The Kier molecular flexibility index (Phi) is 10.7. The second-order valence-electron chi connectivity index (χ2n) is 8.70. The second kappa shape index (κ2) is 11.6. The molecule has 0 aromatic carbocycles. The van der Waals surface area contributed by atoms with Gasteiger partial charge in [0, 0.05) is 6.54 Å². The van der Waals surface area contributed by atoms with Gasteiger partial charge in [0.25, 0.3) is 0 Å². The number of aliphatic hydroxyl groups is 1. The quantitative estimate of drug-likeness (QED) is 0.326. The first-order valence-electron chi connectivity index (χ1n) is 9.54. The van der Waals surface area contributed by atoms with Crippen molar-refractivity contribution < 1.29 is 33.8 Å². The summed E-state index contributed by atoms with van der Waals surface area (Å²) in [5.41, 5.74) is -1.41. The summed E-state index contributed by atoms with van der Waals surface area (Å²) in [5, 5.41) is 17.7. The van der Waals surface area contributed by atoms with Crippen LogP contribution >= 0.6 is 0 Å². The number of hydrogen-bond acceptors (Lipinski definition) is 7. The lowest BCUT2D eigenvalue weighted by Crippen LogP contribution is -2.55. The Hall–Kier alpha value is -2.36. The highest BCUT2D eigenvalue weighted by Gasteiger charge is 2.31. The highest BCUT2D eigenvalue weighted by atomic mass is 16.6. The van der Waals surface area contributed by atoms with E-state index in [1.54, 1.807) is 41.5 Å².